The van der Waals surface area contributed by atoms with Crippen LogP contribution >= 0.6 is 45.5 Å². The maximum atomic E-state index is 6.18. The molecule has 0 aliphatic heterocycles. The summed E-state index contributed by atoms with van der Waals surface area (Å²) >= 11 is 10.4. The van der Waals surface area contributed by atoms with Crippen molar-refractivity contribution in [3.05, 3.63) is 44.0 Å². The predicted molar refractivity (Wildman–Crippen MR) is 86.5 cm³/mol. The SMILES string of the molecule is Cc1cc2c(cc1Cl)sc1cc(I)c(C)cc12. The van der Waals surface area contributed by atoms with Crippen LogP contribution in [0.15, 0.2) is 24.3 Å². The normalized spacial score (nSPS) is 11.5. The second kappa shape index (κ2) is 4.11. The van der Waals surface area contributed by atoms with E-state index >= 15 is 0 Å². The third-order valence-corrected chi connectivity index (χ3v) is 5.72. The van der Waals surface area contributed by atoms with Crippen molar-refractivity contribution in [1.82, 2.24) is 0 Å². The molecule has 0 saturated carbocycles. The van der Waals surface area contributed by atoms with E-state index in [4.69, 9.17) is 11.6 Å². The summed E-state index contributed by atoms with van der Waals surface area (Å²) in [5.74, 6) is 0. The Kier molecular flexibility index (Phi) is 2.84. The lowest BCUT2D eigenvalue weighted by Gasteiger charge is -2.00. The van der Waals surface area contributed by atoms with Crippen LogP contribution in [0.1, 0.15) is 11.1 Å². The van der Waals surface area contributed by atoms with E-state index < -0.39 is 0 Å². The third kappa shape index (κ3) is 1.86. The van der Waals surface area contributed by atoms with Crippen molar-refractivity contribution in [3.8, 4) is 0 Å². The largest absolute Gasteiger partial charge is 0.135 e. The molecule has 1 heterocycles. The fourth-order valence-corrected chi connectivity index (χ4v) is 4.09. The zero-order valence-electron chi connectivity index (χ0n) is 9.47. The molecule has 0 N–H and O–H groups in total. The van der Waals surface area contributed by atoms with Crippen molar-refractivity contribution in [2.75, 3.05) is 0 Å². The van der Waals surface area contributed by atoms with Crippen LogP contribution in [0.2, 0.25) is 5.02 Å². The summed E-state index contributed by atoms with van der Waals surface area (Å²) < 4.78 is 3.94. The highest BCUT2D eigenvalue weighted by Gasteiger charge is 2.09. The first-order valence-corrected chi connectivity index (χ1v) is 7.62. The molecule has 0 radical (unpaired) electrons. The van der Waals surface area contributed by atoms with Gasteiger partial charge in [-0.3, -0.25) is 0 Å². The van der Waals surface area contributed by atoms with E-state index in [2.05, 4.69) is 60.7 Å². The molecule has 0 saturated heterocycles. The predicted octanol–water partition coefficient (Wildman–Crippen LogP) is 5.93. The fourth-order valence-electron chi connectivity index (χ4n) is 2.03. The Labute approximate surface area is 123 Å². The van der Waals surface area contributed by atoms with Gasteiger partial charge in [-0.1, -0.05) is 11.6 Å². The van der Waals surface area contributed by atoms with Gasteiger partial charge in [0.05, 0.1) is 0 Å². The molecular formula is C14H10ClIS. The van der Waals surface area contributed by atoms with E-state index in [1.54, 1.807) is 0 Å². The number of benzene rings is 2. The summed E-state index contributed by atoms with van der Waals surface area (Å²) in [7, 11) is 0. The highest BCUT2D eigenvalue weighted by Crippen LogP contribution is 2.38. The lowest BCUT2D eigenvalue weighted by Crippen LogP contribution is -1.78. The van der Waals surface area contributed by atoms with Crippen LogP contribution in [0.25, 0.3) is 20.2 Å². The summed E-state index contributed by atoms with van der Waals surface area (Å²) in [5, 5.41) is 3.53. The van der Waals surface area contributed by atoms with Gasteiger partial charge in [0.1, 0.15) is 0 Å². The zero-order valence-corrected chi connectivity index (χ0v) is 13.2. The number of aryl methyl sites for hydroxylation is 2. The second-order valence-corrected chi connectivity index (χ2v) is 6.95. The smallest absolute Gasteiger partial charge is 0.0449 e. The van der Waals surface area contributed by atoms with Gasteiger partial charge < -0.3 is 0 Å². The van der Waals surface area contributed by atoms with E-state index in [0.29, 0.717) is 0 Å². The summed E-state index contributed by atoms with van der Waals surface area (Å²) in [6.45, 7) is 4.22. The zero-order chi connectivity index (χ0) is 12.2. The molecule has 0 aliphatic carbocycles. The van der Waals surface area contributed by atoms with E-state index in [1.165, 1.54) is 29.3 Å². The molecule has 3 aromatic rings. The van der Waals surface area contributed by atoms with Gasteiger partial charge in [0.2, 0.25) is 0 Å². The lowest BCUT2D eigenvalue weighted by molar-refractivity contribution is 1.47. The van der Waals surface area contributed by atoms with E-state index in [1.807, 2.05) is 11.3 Å². The van der Waals surface area contributed by atoms with Gasteiger partial charge in [-0.25, -0.2) is 0 Å². The molecule has 0 atom stereocenters. The monoisotopic (exact) mass is 372 g/mol. The molecule has 0 unspecified atom stereocenters. The van der Waals surface area contributed by atoms with E-state index in [9.17, 15) is 0 Å². The molecule has 0 nitrogen and oxygen atoms in total. The average molecular weight is 373 g/mol. The maximum absolute atomic E-state index is 6.18. The van der Waals surface area contributed by atoms with Crippen molar-refractivity contribution < 1.29 is 0 Å². The molecule has 17 heavy (non-hydrogen) atoms. The van der Waals surface area contributed by atoms with Crippen LogP contribution in [-0.2, 0) is 0 Å². The third-order valence-electron chi connectivity index (χ3n) is 3.03. The second-order valence-electron chi connectivity index (χ2n) is 4.30. The first-order valence-electron chi connectivity index (χ1n) is 5.35. The highest BCUT2D eigenvalue weighted by molar-refractivity contribution is 14.1. The van der Waals surface area contributed by atoms with Crippen molar-refractivity contribution in [2.45, 2.75) is 13.8 Å². The summed E-state index contributed by atoms with van der Waals surface area (Å²) in [6.07, 6.45) is 0. The van der Waals surface area contributed by atoms with Gasteiger partial charge in [0.25, 0.3) is 0 Å². The molecular weight excluding hydrogens is 363 g/mol. The molecule has 2 aromatic carbocycles. The molecule has 0 aliphatic rings. The van der Waals surface area contributed by atoms with Crippen LogP contribution in [0, 0.1) is 17.4 Å². The number of halogens is 2. The van der Waals surface area contributed by atoms with Crippen LogP contribution in [0.3, 0.4) is 0 Å². The topological polar surface area (TPSA) is 0 Å². The Bertz CT molecular complexity index is 681. The Hall–Kier alpha value is -0.320. The number of rotatable bonds is 0. The first kappa shape index (κ1) is 11.8. The standard InChI is InChI=1S/C14H10ClIS/c1-7-3-9-10-4-8(2)12(16)6-14(10)17-13(9)5-11(7)15/h3-6H,1-2H3. The van der Waals surface area contributed by atoms with E-state index in [-0.39, 0.29) is 0 Å². The summed E-state index contributed by atoms with van der Waals surface area (Å²) in [5.41, 5.74) is 2.49. The van der Waals surface area contributed by atoms with Crippen LogP contribution < -0.4 is 0 Å². The average Bonchev–Trinajstić information content (AvgIpc) is 2.58. The molecule has 86 valence electrons. The summed E-state index contributed by atoms with van der Waals surface area (Å²) in [4.78, 5) is 0. The molecule has 3 heteroatoms. The number of thiophene rings is 1. The quantitative estimate of drug-likeness (QED) is 0.429. The molecule has 0 amide bonds. The van der Waals surface area contributed by atoms with Crippen LogP contribution in [-0.4, -0.2) is 0 Å². The van der Waals surface area contributed by atoms with E-state index in [0.717, 1.165) is 10.6 Å². The van der Waals surface area contributed by atoms with Gasteiger partial charge in [-0.2, -0.15) is 0 Å². The van der Waals surface area contributed by atoms with Gasteiger partial charge >= 0.3 is 0 Å². The minimum absolute atomic E-state index is 0.857. The lowest BCUT2D eigenvalue weighted by atomic mass is 10.1. The van der Waals surface area contributed by atoms with Crippen molar-refractivity contribution in [1.29, 1.82) is 0 Å². The number of hydrogen-bond donors (Lipinski definition) is 0. The first-order chi connectivity index (χ1) is 8.06. The molecule has 0 spiro atoms. The van der Waals surface area contributed by atoms with Crippen LogP contribution in [0.5, 0.6) is 0 Å². The molecule has 0 bridgehead atoms. The fraction of sp³-hybridized carbons (Fsp3) is 0.143. The minimum Gasteiger partial charge on any atom is -0.135 e. The van der Waals surface area contributed by atoms with Gasteiger partial charge in [0, 0.05) is 28.8 Å². The summed E-state index contributed by atoms with van der Waals surface area (Å²) in [6, 6.07) is 8.82. The number of fused-ring (bicyclic) bond motifs is 3. The van der Waals surface area contributed by atoms with Gasteiger partial charge in [0.15, 0.2) is 0 Å². The number of hydrogen-bond acceptors (Lipinski definition) is 1. The molecule has 1 aromatic heterocycles. The van der Waals surface area contributed by atoms with Gasteiger partial charge in [-0.15, -0.1) is 11.3 Å². The van der Waals surface area contributed by atoms with Crippen molar-refractivity contribution in [3.63, 3.8) is 0 Å². The minimum atomic E-state index is 0.857. The Morgan fingerprint density at radius 3 is 2.24 bits per heavy atom. The highest BCUT2D eigenvalue weighted by atomic mass is 127. The Morgan fingerprint density at radius 2 is 1.53 bits per heavy atom. The maximum Gasteiger partial charge on any atom is 0.0449 e. The molecule has 3 rings (SSSR count). The van der Waals surface area contributed by atoms with Crippen molar-refractivity contribution >= 4 is 65.7 Å². The molecule has 0 fully saturated rings. The van der Waals surface area contributed by atoms with Crippen molar-refractivity contribution in [2.24, 2.45) is 0 Å². The van der Waals surface area contributed by atoms with Crippen LogP contribution in [0.4, 0.5) is 0 Å². The Morgan fingerprint density at radius 1 is 0.941 bits per heavy atom. The van der Waals surface area contributed by atoms with Gasteiger partial charge in [-0.05, 0) is 71.8 Å². The Balaban J connectivity index is 2.51.